The van der Waals surface area contributed by atoms with Gasteiger partial charge in [0.25, 0.3) is 0 Å². The van der Waals surface area contributed by atoms with Crippen molar-refractivity contribution in [3.8, 4) is 0 Å². The van der Waals surface area contributed by atoms with Gasteiger partial charge in [0, 0.05) is 35.7 Å². The molecule has 0 bridgehead atoms. The third-order valence-corrected chi connectivity index (χ3v) is 5.73. The molecular weight excluding hydrogens is 264 g/mol. The molecule has 2 heterocycles. The van der Waals surface area contributed by atoms with Crippen LogP contribution in [0.3, 0.4) is 0 Å². The number of rotatable bonds is 4. The Morgan fingerprint density at radius 1 is 1.35 bits per heavy atom. The Balaban J connectivity index is 1.62. The van der Waals surface area contributed by atoms with Crippen LogP contribution in [0.1, 0.15) is 37.7 Å². The standard InChI is InChI=1S/C17H26N2S/c1-2-6-15-12-19(10-5-9-18-15)11-14-13-20-17-8-4-3-7-16(14)17/h3-4,7-8,14-15,18H,2,5-6,9-13H2,1H3. The van der Waals surface area contributed by atoms with Crippen LogP contribution < -0.4 is 5.32 Å². The molecule has 0 saturated carbocycles. The second-order valence-corrected chi connectivity index (χ2v) is 7.16. The van der Waals surface area contributed by atoms with Gasteiger partial charge in [-0.05, 0) is 37.6 Å². The number of hydrogen-bond donors (Lipinski definition) is 1. The zero-order valence-electron chi connectivity index (χ0n) is 12.5. The van der Waals surface area contributed by atoms with Gasteiger partial charge in [0.2, 0.25) is 0 Å². The van der Waals surface area contributed by atoms with Gasteiger partial charge in [0.1, 0.15) is 0 Å². The van der Waals surface area contributed by atoms with E-state index in [2.05, 4.69) is 41.4 Å². The van der Waals surface area contributed by atoms with E-state index in [-0.39, 0.29) is 0 Å². The number of fused-ring (bicyclic) bond motifs is 1. The molecule has 0 spiro atoms. The Morgan fingerprint density at radius 3 is 3.15 bits per heavy atom. The van der Waals surface area contributed by atoms with Crippen molar-refractivity contribution in [2.45, 2.75) is 43.0 Å². The van der Waals surface area contributed by atoms with Crippen molar-refractivity contribution in [3.63, 3.8) is 0 Å². The summed E-state index contributed by atoms with van der Waals surface area (Å²) in [5.41, 5.74) is 1.58. The fraction of sp³-hybridized carbons (Fsp3) is 0.647. The molecule has 110 valence electrons. The lowest BCUT2D eigenvalue weighted by Gasteiger charge is -2.27. The summed E-state index contributed by atoms with van der Waals surface area (Å²) in [4.78, 5) is 4.21. The molecule has 2 nitrogen and oxygen atoms in total. The molecule has 3 heteroatoms. The Labute approximate surface area is 127 Å². The maximum absolute atomic E-state index is 3.71. The smallest absolute Gasteiger partial charge is 0.0194 e. The molecule has 2 aliphatic heterocycles. The molecule has 2 atom stereocenters. The Bertz CT molecular complexity index is 435. The number of nitrogens with zero attached hydrogens (tertiary/aromatic N) is 1. The first-order chi connectivity index (χ1) is 9.86. The zero-order chi connectivity index (χ0) is 13.8. The average molecular weight is 290 g/mol. The first-order valence-corrected chi connectivity index (χ1v) is 9.03. The lowest BCUT2D eigenvalue weighted by atomic mass is 10.0. The first-order valence-electron chi connectivity index (χ1n) is 8.04. The molecule has 2 aliphatic rings. The highest BCUT2D eigenvalue weighted by molar-refractivity contribution is 7.99. The van der Waals surface area contributed by atoms with Gasteiger partial charge in [0.15, 0.2) is 0 Å². The van der Waals surface area contributed by atoms with Crippen LogP contribution in [0.15, 0.2) is 29.2 Å². The summed E-state index contributed by atoms with van der Waals surface area (Å²) in [6.45, 7) is 7.22. The van der Waals surface area contributed by atoms with Crippen LogP contribution in [0, 0.1) is 0 Å². The van der Waals surface area contributed by atoms with E-state index in [1.165, 1.54) is 56.1 Å². The van der Waals surface area contributed by atoms with E-state index >= 15 is 0 Å². The third kappa shape index (κ3) is 3.38. The molecule has 1 saturated heterocycles. The highest BCUT2D eigenvalue weighted by atomic mass is 32.2. The maximum atomic E-state index is 3.71. The van der Waals surface area contributed by atoms with Crippen molar-refractivity contribution in [1.82, 2.24) is 10.2 Å². The highest BCUT2D eigenvalue weighted by Crippen LogP contribution is 2.39. The number of benzene rings is 1. The second-order valence-electron chi connectivity index (χ2n) is 6.10. The van der Waals surface area contributed by atoms with E-state index in [4.69, 9.17) is 0 Å². The number of thioether (sulfide) groups is 1. The Hall–Kier alpha value is -0.510. The van der Waals surface area contributed by atoms with Crippen LogP contribution in [-0.4, -0.2) is 42.9 Å². The van der Waals surface area contributed by atoms with Crippen LogP contribution in [-0.2, 0) is 0 Å². The van der Waals surface area contributed by atoms with Crippen molar-refractivity contribution < 1.29 is 0 Å². The highest BCUT2D eigenvalue weighted by Gasteiger charge is 2.26. The lowest BCUT2D eigenvalue weighted by molar-refractivity contribution is 0.252. The molecule has 0 aliphatic carbocycles. The van der Waals surface area contributed by atoms with Gasteiger partial charge in [-0.2, -0.15) is 0 Å². The topological polar surface area (TPSA) is 15.3 Å². The van der Waals surface area contributed by atoms with Gasteiger partial charge in [0.05, 0.1) is 0 Å². The monoisotopic (exact) mass is 290 g/mol. The van der Waals surface area contributed by atoms with Gasteiger partial charge in [-0.15, -0.1) is 11.8 Å². The lowest BCUT2D eigenvalue weighted by Crippen LogP contribution is -2.39. The third-order valence-electron chi connectivity index (χ3n) is 4.48. The van der Waals surface area contributed by atoms with E-state index in [1.54, 1.807) is 5.56 Å². The van der Waals surface area contributed by atoms with Crippen LogP contribution >= 0.6 is 11.8 Å². The van der Waals surface area contributed by atoms with Crippen molar-refractivity contribution in [1.29, 1.82) is 0 Å². The molecule has 20 heavy (non-hydrogen) atoms. The van der Waals surface area contributed by atoms with E-state index in [1.807, 2.05) is 11.8 Å². The minimum Gasteiger partial charge on any atom is -0.313 e. The molecule has 1 fully saturated rings. The van der Waals surface area contributed by atoms with Gasteiger partial charge >= 0.3 is 0 Å². The molecule has 0 amide bonds. The maximum Gasteiger partial charge on any atom is 0.0194 e. The molecule has 1 aromatic carbocycles. The SMILES string of the molecule is CCCC1CN(CC2CSc3ccccc32)CCCN1. The average Bonchev–Trinajstić information content (AvgIpc) is 2.73. The van der Waals surface area contributed by atoms with Gasteiger partial charge in [-0.3, -0.25) is 0 Å². The summed E-state index contributed by atoms with van der Waals surface area (Å²) >= 11 is 2.04. The molecule has 1 N–H and O–H groups in total. The van der Waals surface area contributed by atoms with E-state index in [0.717, 1.165) is 5.92 Å². The van der Waals surface area contributed by atoms with Crippen molar-refractivity contribution in [2.75, 3.05) is 31.9 Å². The summed E-state index contributed by atoms with van der Waals surface area (Å²) in [6, 6.07) is 9.68. The van der Waals surface area contributed by atoms with Crippen molar-refractivity contribution in [3.05, 3.63) is 29.8 Å². The van der Waals surface area contributed by atoms with E-state index < -0.39 is 0 Å². The van der Waals surface area contributed by atoms with Crippen LogP contribution in [0.4, 0.5) is 0 Å². The fourth-order valence-electron chi connectivity index (χ4n) is 3.48. The summed E-state index contributed by atoms with van der Waals surface area (Å²) in [7, 11) is 0. The van der Waals surface area contributed by atoms with Crippen LogP contribution in [0.5, 0.6) is 0 Å². The molecule has 0 aromatic heterocycles. The van der Waals surface area contributed by atoms with Gasteiger partial charge in [-0.25, -0.2) is 0 Å². The molecule has 3 rings (SSSR count). The second kappa shape index (κ2) is 6.97. The predicted octanol–water partition coefficient (Wildman–Crippen LogP) is 3.34. The quantitative estimate of drug-likeness (QED) is 0.915. The first kappa shape index (κ1) is 14.4. The zero-order valence-corrected chi connectivity index (χ0v) is 13.3. The van der Waals surface area contributed by atoms with E-state index in [0.29, 0.717) is 6.04 Å². The van der Waals surface area contributed by atoms with Crippen LogP contribution in [0.2, 0.25) is 0 Å². The molecule has 1 aromatic rings. The normalized spacial score (nSPS) is 27.2. The number of hydrogen-bond acceptors (Lipinski definition) is 3. The molecular formula is C17H26N2S. The van der Waals surface area contributed by atoms with E-state index in [9.17, 15) is 0 Å². The summed E-state index contributed by atoms with van der Waals surface area (Å²) in [5.74, 6) is 2.00. The largest absolute Gasteiger partial charge is 0.313 e. The molecule has 2 unspecified atom stereocenters. The minimum absolute atomic E-state index is 0.701. The van der Waals surface area contributed by atoms with Crippen molar-refractivity contribution in [2.24, 2.45) is 0 Å². The Morgan fingerprint density at radius 2 is 2.25 bits per heavy atom. The predicted molar refractivity (Wildman–Crippen MR) is 87.7 cm³/mol. The fourth-order valence-corrected chi connectivity index (χ4v) is 4.72. The number of nitrogens with one attached hydrogen (secondary N) is 1. The molecule has 0 radical (unpaired) electrons. The summed E-state index contributed by atoms with van der Waals surface area (Å²) < 4.78 is 0. The van der Waals surface area contributed by atoms with Gasteiger partial charge < -0.3 is 10.2 Å². The Kier molecular flexibility index (Phi) is 5.03. The summed E-state index contributed by atoms with van der Waals surface area (Å²) in [6.07, 6.45) is 3.89. The summed E-state index contributed by atoms with van der Waals surface area (Å²) in [5, 5.41) is 3.71. The van der Waals surface area contributed by atoms with Gasteiger partial charge in [-0.1, -0.05) is 31.5 Å². The van der Waals surface area contributed by atoms with Crippen molar-refractivity contribution >= 4 is 11.8 Å². The minimum atomic E-state index is 0.701. The van der Waals surface area contributed by atoms with Crippen LogP contribution in [0.25, 0.3) is 0 Å².